The van der Waals surface area contributed by atoms with Crippen LogP contribution in [0.15, 0.2) is 12.1 Å². The summed E-state index contributed by atoms with van der Waals surface area (Å²) in [6.07, 6.45) is 0. The third-order valence-electron chi connectivity index (χ3n) is 2.28. The second-order valence-corrected chi connectivity index (χ2v) is 5.41. The second kappa shape index (κ2) is 5.36. The number of carboxylic acid groups (broad SMARTS) is 1. The summed E-state index contributed by atoms with van der Waals surface area (Å²) in [5, 5.41) is 9.09. The number of nitrogens with one attached hydrogen (secondary N) is 2. The number of carbonyl (C=O) groups is 1. The van der Waals surface area contributed by atoms with Crippen molar-refractivity contribution in [2.75, 3.05) is 11.3 Å². The molecular weight excluding hydrogens is 256 g/mol. The molecule has 100 valence electrons. The summed E-state index contributed by atoms with van der Waals surface area (Å²) < 4.78 is 27.7. The van der Waals surface area contributed by atoms with Gasteiger partial charge >= 0.3 is 5.97 Å². The quantitative estimate of drug-likeness (QED) is 0.752. The van der Waals surface area contributed by atoms with E-state index in [9.17, 15) is 13.2 Å². The largest absolute Gasteiger partial charge is 0.478 e. The van der Waals surface area contributed by atoms with Crippen LogP contribution in [0.4, 0.5) is 5.69 Å². The Bertz CT molecular complexity index is 567. The van der Waals surface area contributed by atoms with E-state index in [2.05, 4.69) is 9.44 Å². The van der Waals surface area contributed by atoms with Crippen molar-refractivity contribution < 1.29 is 18.3 Å². The summed E-state index contributed by atoms with van der Waals surface area (Å²) in [4.78, 5) is 11.1. The summed E-state index contributed by atoms with van der Waals surface area (Å²) in [5.74, 6) is -1.17. The second-order valence-electron chi connectivity index (χ2n) is 3.91. The van der Waals surface area contributed by atoms with Crippen LogP contribution in [0.3, 0.4) is 0 Å². The molecule has 0 heterocycles. The minimum atomic E-state index is -3.74. The van der Waals surface area contributed by atoms with Gasteiger partial charge in [0.2, 0.25) is 0 Å². The van der Waals surface area contributed by atoms with E-state index < -0.39 is 16.2 Å². The zero-order valence-corrected chi connectivity index (χ0v) is 11.3. The van der Waals surface area contributed by atoms with E-state index >= 15 is 0 Å². The molecule has 1 aromatic rings. The predicted octanol–water partition coefficient (Wildman–Crippen LogP) is 1.27. The first-order valence-electron chi connectivity index (χ1n) is 5.38. The Hall–Kier alpha value is -1.60. The Kier molecular flexibility index (Phi) is 4.31. The molecule has 0 unspecified atom stereocenters. The molecule has 0 aromatic heterocycles. The maximum Gasteiger partial charge on any atom is 0.337 e. The molecule has 0 spiro atoms. The number of hydrogen-bond donors (Lipinski definition) is 3. The van der Waals surface area contributed by atoms with Gasteiger partial charge in [0, 0.05) is 6.54 Å². The monoisotopic (exact) mass is 272 g/mol. The summed E-state index contributed by atoms with van der Waals surface area (Å²) in [6, 6.07) is 3.15. The normalized spacial score (nSPS) is 11.3. The van der Waals surface area contributed by atoms with Crippen molar-refractivity contribution in [2.24, 2.45) is 0 Å². The minimum absolute atomic E-state index is 0.0611. The van der Waals surface area contributed by atoms with Gasteiger partial charge in [0.05, 0.1) is 11.3 Å². The van der Waals surface area contributed by atoms with Crippen molar-refractivity contribution in [3.63, 3.8) is 0 Å². The van der Waals surface area contributed by atoms with Gasteiger partial charge < -0.3 is 5.11 Å². The van der Waals surface area contributed by atoms with Crippen LogP contribution in [0, 0.1) is 13.8 Å². The number of aromatic carboxylic acids is 1. The van der Waals surface area contributed by atoms with Crippen molar-refractivity contribution >= 4 is 21.9 Å². The van der Waals surface area contributed by atoms with Gasteiger partial charge in [-0.15, -0.1) is 0 Å². The van der Waals surface area contributed by atoms with Crippen molar-refractivity contribution in [2.45, 2.75) is 20.8 Å². The van der Waals surface area contributed by atoms with Gasteiger partial charge in [0.15, 0.2) is 0 Å². The lowest BCUT2D eigenvalue weighted by Crippen LogP contribution is -2.30. The van der Waals surface area contributed by atoms with Gasteiger partial charge in [-0.25, -0.2) is 4.79 Å². The fraction of sp³-hybridized carbons (Fsp3) is 0.364. The van der Waals surface area contributed by atoms with E-state index in [1.807, 2.05) is 0 Å². The average molecular weight is 272 g/mol. The molecule has 0 saturated carbocycles. The number of rotatable bonds is 5. The first-order valence-corrected chi connectivity index (χ1v) is 6.87. The average Bonchev–Trinajstić information content (AvgIpc) is 2.21. The zero-order valence-electron chi connectivity index (χ0n) is 10.4. The first kappa shape index (κ1) is 14.5. The van der Waals surface area contributed by atoms with Gasteiger partial charge in [-0.1, -0.05) is 13.0 Å². The molecule has 0 atom stereocenters. The Labute approximate surface area is 106 Å². The van der Waals surface area contributed by atoms with Crippen LogP contribution >= 0.6 is 0 Å². The van der Waals surface area contributed by atoms with Crippen molar-refractivity contribution in [1.29, 1.82) is 0 Å². The Balaban J connectivity index is 3.28. The van der Waals surface area contributed by atoms with Crippen LogP contribution in [-0.2, 0) is 10.2 Å². The molecule has 0 bridgehead atoms. The van der Waals surface area contributed by atoms with Gasteiger partial charge in [-0.2, -0.15) is 13.1 Å². The SMILES string of the molecule is CCNS(=O)(=O)Nc1c(C)cc(C)cc1C(=O)O. The first-order chi connectivity index (χ1) is 8.26. The lowest BCUT2D eigenvalue weighted by atomic mass is 10.0. The fourth-order valence-electron chi connectivity index (χ4n) is 1.63. The lowest BCUT2D eigenvalue weighted by Gasteiger charge is -2.14. The highest BCUT2D eigenvalue weighted by molar-refractivity contribution is 7.90. The summed E-state index contributed by atoms with van der Waals surface area (Å²) in [7, 11) is -3.74. The molecule has 0 aliphatic carbocycles. The molecule has 18 heavy (non-hydrogen) atoms. The molecule has 1 rings (SSSR count). The van der Waals surface area contributed by atoms with Crippen molar-refractivity contribution in [3.05, 3.63) is 28.8 Å². The van der Waals surface area contributed by atoms with E-state index in [0.717, 1.165) is 5.56 Å². The number of hydrogen-bond acceptors (Lipinski definition) is 3. The van der Waals surface area contributed by atoms with Gasteiger partial charge in [0.25, 0.3) is 10.2 Å². The van der Waals surface area contributed by atoms with Gasteiger partial charge in [-0.05, 0) is 31.0 Å². The number of aryl methyl sites for hydroxylation is 2. The fourth-order valence-corrected chi connectivity index (χ4v) is 2.62. The molecule has 0 aliphatic rings. The molecule has 7 heteroatoms. The van der Waals surface area contributed by atoms with Crippen LogP contribution in [0.5, 0.6) is 0 Å². The topological polar surface area (TPSA) is 95.5 Å². The Morgan fingerprint density at radius 2 is 1.94 bits per heavy atom. The molecule has 0 fully saturated rings. The third-order valence-corrected chi connectivity index (χ3v) is 3.42. The highest BCUT2D eigenvalue weighted by Gasteiger charge is 2.18. The summed E-state index contributed by atoms with van der Waals surface area (Å²) >= 11 is 0. The molecular formula is C11H16N2O4S. The molecule has 0 aliphatic heterocycles. The van der Waals surface area contributed by atoms with E-state index in [1.165, 1.54) is 6.07 Å². The van der Waals surface area contributed by atoms with E-state index in [1.54, 1.807) is 26.8 Å². The third kappa shape index (κ3) is 3.44. The van der Waals surface area contributed by atoms with Gasteiger partial charge in [-0.3, -0.25) is 4.72 Å². The standard InChI is InChI=1S/C11H16N2O4S/c1-4-12-18(16,17)13-10-8(3)5-7(2)6-9(10)11(14)15/h5-6,12-13H,4H2,1-3H3,(H,14,15). The van der Waals surface area contributed by atoms with Gasteiger partial charge in [0.1, 0.15) is 0 Å². The predicted molar refractivity (Wildman–Crippen MR) is 69.1 cm³/mol. The molecule has 0 amide bonds. The molecule has 6 nitrogen and oxygen atoms in total. The zero-order chi connectivity index (χ0) is 13.9. The van der Waals surface area contributed by atoms with E-state index in [-0.39, 0.29) is 17.8 Å². The van der Waals surface area contributed by atoms with Crippen LogP contribution in [-0.4, -0.2) is 26.0 Å². The summed E-state index contributed by atoms with van der Waals surface area (Å²) in [6.45, 7) is 5.27. The Morgan fingerprint density at radius 1 is 1.33 bits per heavy atom. The number of anilines is 1. The number of carboxylic acids is 1. The molecule has 0 radical (unpaired) electrons. The Morgan fingerprint density at radius 3 is 2.44 bits per heavy atom. The van der Waals surface area contributed by atoms with Crippen LogP contribution in [0.1, 0.15) is 28.4 Å². The van der Waals surface area contributed by atoms with Crippen LogP contribution in [0.25, 0.3) is 0 Å². The van der Waals surface area contributed by atoms with Crippen LogP contribution < -0.4 is 9.44 Å². The molecule has 0 saturated heterocycles. The van der Waals surface area contributed by atoms with E-state index in [4.69, 9.17) is 5.11 Å². The smallest absolute Gasteiger partial charge is 0.337 e. The lowest BCUT2D eigenvalue weighted by molar-refractivity contribution is 0.0698. The number of benzene rings is 1. The molecule has 3 N–H and O–H groups in total. The molecule has 1 aromatic carbocycles. The van der Waals surface area contributed by atoms with Crippen molar-refractivity contribution in [3.8, 4) is 0 Å². The van der Waals surface area contributed by atoms with E-state index in [0.29, 0.717) is 5.56 Å². The van der Waals surface area contributed by atoms with Crippen LogP contribution in [0.2, 0.25) is 0 Å². The summed E-state index contributed by atoms with van der Waals surface area (Å²) in [5.41, 5.74) is 1.35. The van der Waals surface area contributed by atoms with Crippen molar-refractivity contribution in [1.82, 2.24) is 4.72 Å². The highest BCUT2D eigenvalue weighted by Crippen LogP contribution is 2.23. The minimum Gasteiger partial charge on any atom is -0.478 e. The maximum atomic E-state index is 11.6. The highest BCUT2D eigenvalue weighted by atomic mass is 32.2. The maximum absolute atomic E-state index is 11.6.